The van der Waals surface area contributed by atoms with Crippen molar-refractivity contribution < 1.29 is 0 Å². The molecule has 0 aromatic carbocycles. The van der Waals surface area contributed by atoms with Crippen LogP contribution in [0.4, 0.5) is 0 Å². The minimum absolute atomic E-state index is 0.190. The third-order valence-electron chi connectivity index (χ3n) is 1.51. The molecule has 3 nitrogen and oxygen atoms in total. The van der Waals surface area contributed by atoms with Gasteiger partial charge in [0.25, 0.3) is 0 Å². The molecule has 12 heavy (non-hydrogen) atoms. The van der Waals surface area contributed by atoms with Crippen LogP contribution >= 0.6 is 11.6 Å². The Morgan fingerprint density at radius 1 is 1.75 bits per heavy atom. The molecule has 62 valence electrons. The summed E-state index contributed by atoms with van der Waals surface area (Å²) in [4.78, 5) is 3.84. The van der Waals surface area contributed by atoms with E-state index in [1.807, 2.05) is 6.07 Å². The minimum Gasteiger partial charge on any atom is -0.324 e. The molecule has 0 spiro atoms. The van der Waals surface area contributed by atoms with E-state index in [0.717, 1.165) is 5.56 Å². The molecular formula is C8H8ClN3. The number of hydrogen-bond donors (Lipinski definition) is 1. The van der Waals surface area contributed by atoms with Crippen LogP contribution in [0.25, 0.3) is 0 Å². The third kappa shape index (κ3) is 1.73. The molecular weight excluding hydrogens is 174 g/mol. The standard InChI is InChI=1S/C8H8ClN3/c1-5(11)7-4-12-8(9)2-6(7)3-10/h2,4-5H,11H2,1H3/t5-/m1/s1. The Bertz CT molecular complexity index is 328. The zero-order valence-electron chi connectivity index (χ0n) is 6.58. The van der Waals surface area contributed by atoms with Crippen LogP contribution in [0.15, 0.2) is 12.3 Å². The van der Waals surface area contributed by atoms with E-state index in [9.17, 15) is 0 Å². The molecule has 1 heterocycles. The highest BCUT2D eigenvalue weighted by atomic mass is 35.5. The van der Waals surface area contributed by atoms with Crippen molar-refractivity contribution in [2.45, 2.75) is 13.0 Å². The second-order valence-corrected chi connectivity index (χ2v) is 2.88. The van der Waals surface area contributed by atoms with E-state index in [2.05, 4.69) is 4.98 Å². The van der Waals surface area contributed by atoms with Gasteiger partial charge in [-0.05, 0) is 13.0 Å². The monoisotopic (exact) mass is 181 g/mol. The number of hydrogen-bond acceptors (Lipinski definition) is 3. The van der Waals surface area contributed by atoms with Gasteiger partial charge in [0.05, 0.1) is 11.6 Å². The summed E-state index contributed by atoms with van der Waals surface area (Å²) in [5.41, 5.74) is 6.82. The summed E-state index contributed by atoms with van der Waals surface area (Å²) >= 11 is 5.60. The first-order chi connectivity index (χ1) is 5.65. The number of halogens is 1. The number of nitrogens with zero attached hydrogens (tertiary/aromatic N) is 2. The fraction of sp³-hybridized carbons (Fsp3) is 0.250. The maximum atomic E-state index is 8.70. The highest BCUT2D eigenvalue weighted by Crippen LogP contribution is 2.16. The Morgan fingerprint density at radius 2 is 2.42 bits per heavy atom. The summed E-state index contributed by atoms with van der Waals surface area (Å²) in [5, 5.41) is 9.02. The van der Waals surface area contributed by atoms with Gasteiger partial charge >= 0.3 is 0 Å². The predicted octanol–water partition coefficient (Wildman–Crippen LogP) is 1.63. The van der Waals surface area contributed by atoms with Gasteiger partial charge in [0, 0.05) is 17.8 Å². The van der Waals surface area contributed by atoms with Gasteiger partial charge in [-0.1, -0.05) is 11.6 Å². The molecule has 0 unspecified atom stereocenters. The first kappa shape index (κ1) is 8.98. The lowest BCUT2D eigenvalue weighted by Gasteiger charge is -2.06. The van der Waals surface area contributed by atoms with E-state index < -0.39 is 0 Å². The molecule has 0 aliphatic rings. The number of nitriles is 1. The van der Waals surface area contributed by atoms with E-state index in [1.54, 1.807) is 6.92 Å². The van der Waals surface area contributed by atoms with Gasteiger partial charge in [-0.2, -0.15) is 5.26 Å². The predicted molar refractivity (Wildman–Crippen MR) is 46.6 cm³/mol. The molecule has 4 heteroatoms. The van der Waals surface area contributed by atoms with Crippen LogP contribution < -0.4 is 5.73 Å². The molecule has 0 bridgehead atoms. The SMILES string of the molecule is C[C@@H](N)c1cnc(Cl)cc1C#N. The Kier molecular flexibility index (Phi) is 2.64. The summed E-state index contributed by atoms with van der Waals surface area (Å²) in [6.07, 6.45) is 1.53. The van der Waals surface area contributed by atoms with Gasteiger partial charge in [0.1, 0.15) is 5.15 Å². The molecule has 2 N–H and O–H groups in total. The number of aromatic nitrogens is 1. The molecule has 0 aliphatic carbocycles. The molecule has 0 fully saturated rings. The van der Waals surface area contributed by atoms with Crippen LogP contribution in [0.2, 0.25) is 5.15 Å². The lowest BCUT2D eigenvalue weighted by molar-refractivity contribution is 0.808. The molecule has 0 saturated carbocycles. The van der Waals surface area contributed by atoms with Gasteiger partial charge in [0.2, 0.25) is 0 Å². The van der Waals surface area contributed by atoms with Crippen LogP contribution in [0.3, 0.4) is 0 Å². The molecule has 0 radical (unpaired) electrons. The molecule has 0 aliphatic heterocycles. The van der Waals surface area contributed by atoms with Gasteiger partial charge in [-0.25, -0.2) is 4.98 Å². The van der Waals surface area contributed by atoms with Crippen molar-refractivity contribution >= 4 is 11.6 Å². The topological polar surface area (TPSA) is 62.7 Å². The van der Waals surface area contributed by atoms with Crippen LogP contribution in [-0.4, -0.2) is 4.98 Å². The lowest BCUT2D eigenvalue weighted by Crippen LogP contribution is -2.07. The van der Waals surface area contributed by atoms with Crippen LogP contribution in [-0.2, 0) is 0 Å². The van der Waals surface area contributed by atoms with E-state index >= 15 is 0 Å². The van der Waals surface area contributed by atoms with Gasteiger partial charge < -0.3 is 5.73 Å². The molecule has 0 saturated heterocycles. The van der Waals surface area contributed by atoms with Gasteiger partial charge in [-0.3, -0.25) is 0 Å². The van der Waals surface area contributed by atoms with E-state index in [-0.39, 0.29) is 6.04 Å². The van der Waals surface area contributed by atoms with E-state index in [4.69, 9.17) is 22.6 Å². The van der Waals surface area contributed by atoms with Gasteiger partial charge in [0.15, 0.2) is 0 Å². The summed E-state index contributed by atoms with van der Waals surface area (Å²) in [5.74, 6) is 0. The highest BCUT2D eigenvalue weighted by molar-refractivity contribution is 6.29. The molecule has 1 rings (SSSR count). The van der Waals surface area contributed by atoms with Crippen molar-refractivity contribution in [2.24, 2.45) is 5.73 Å². The molecule has 0 amide bonds. The highest BCUT2D eigenvalue weighted by Gasteiger charge is 2.07. The first-order valence-corrected chi connectivity index (χ1v) is 3.84. The molecule has 1 aromatic rings. The molecule has 1 aromatic heterocycles. The van der Waals surface area contributed by atoms with Crippen LogP contribution in [0, 0.1) is 11.3 Å². The van der Waals surface area contributed by atoms with Crippen molar-refractivity contribution in [1.82, 2.24) is 4.98 Å². The maximum Gasteiger partial charge on any atom is 0.130 e. The van der Waals surface area contributed by atoms with E-state index in [0.29, 0.717) is 10.7 Å². The minimum atomic E-state index is -0.190. The maximum absolute atomic E-state index is 8.70. The largest absolute Gasteiger partial charge is 0.324 e. The fourth-order valence-electron chi connectivity index (χ4n) is 0.900. The summed E-state index contributed by atoms with van der Waals surface area (Å²) in [6, 6.07) is 3.34. The lowest BCUT2D eigenvalue weighted by atomic mass is 10.1. The Labute approximate surface area is 75.8 Å². The fourth-order valence-corrected chi connectivity index (χ4v) is 1.06. The second-order valence-electron chi connectivity index (χ2n) is 2.49. The number of rotatable bonds is 1. The average Bonchev–Trinajstić information content (AvgIpc) is 2.03. The molecule has 1 atom stereocenters. The van der Waals surface area contributed by atoms with Crippen LogP contribution in [0.1, 0.15) is 24.1 Å². The Morgan fingerprint density at radius 3 is 2.92 bits per heavy atom. The third-order valence-corrected chi connectivity index (χ3v) is 1.72. The van der Waals surface area contributed by atoms with Crippen molar-refractivity contribution in [3.63, 3.8) is 0 Å². The first-order valence-electron chi connectivity index (χ1n) is 3.46. The number of pyridine rings is 1. The smallest absolute Gasteiger partial charge is 0.130 e. The summed E-state index contributed by atoms with van der Waals surface area (Å²) < 4.78 is 0. The van der Waals surface area contributed by atoms with Crippen molar-refractivity contribution in [2.75, 3.05) is 0 Å². The number of nitrogens with two attached hydrogens (primary N) is 1. The van der Waals surface area contributed by atoms with E-state index in [1.165, 1.54) is 12.3 Å². The van der Waals surface area contributed by atoms with Crippen molar-refractivity contribution in [1.29, 1.82) is 5.26 Å². The average molecular weight is 182 g/mol. The zero-order chi connectivity index (χ0) is 9.14. The Hall–Kier alpha value is -1.11. The van der Waals surface area contributed by atoms with Crippen LogP contribution in [0.5, 0.6) is 0 Å². The summed E-state index contributed by atoms with van der Waals surface area (Å²) in [6.45, 7) is 1.80. The quantitative estimate of drug-likeness (QED) is 0.670. The Balaban J connectivity index is 3.23. The summed E-state index contributed by atoms with van der Waals surface area (Å²) in [7, 11) is 0. The van der Waals surface area contributed by atoms with Gasteiger partial charge in [-0.15, -0.1) is 0 Å². The second kappa shape index (κ2) is 3.53. The van der Waals surface area contributed by atoms with Crippen molar-refractivity contribution in [3.05, 3.63) is 28.5 Å². The van der Waals surface area contributed by atoms with Crippen molar-refractivity contribution in [3.8, 4) is 6.07 Å². The zero-order valence-corrected chi connectivity index (χ0v) is 7.34. The normalized spacial score (nSPS) is 12.2.